The van der Waals surface area contributed by atoms with Crippen LogP contribution in [0.1, 0.15) is 50.7 Å². The fourth-order valence-electron chi connectivity index (χ4n) is 1.43. The first-order valence-corrected chi connectivity index (χ1v) is 6.41. The second-order valence-electron chi connectivity index (χ2n) is 4.88. The Morgan fingerprint density at radius 1 is 0.722 bits per heavy atom. The molecule has 0 aliphatic rings. The van der Waals surface area contributed by atoms with Gasteiger partial charge in [-0.1, -0.05) is 39.8 Å². The van der Waals surface area contributed by atoms with E-state index in [0.29, 0.717) is 11.8 Å². The number of aromatic nitrogens is 2. The van der Waals surface area contributed by atoms with Gasteiger partial charge in [0.2, 0.25) is 0 Å². The number of nitrogens with zero attached hydrogens (tertiary/aromatic N) is 2. The Labute approximate surface area is 110 Å². The molecule has 0 saturated heterocycles. The van der Waals surface area contributed by atoms with Crippen LogP contribution >= 0.6 is 0 Å². The maximum Gasteiger partial charge on any atom is 0.0302 e. The minimum Gasteiger partial charge on any atom is -0.264 e. The van der Waals surface area contributed by atoms with Crippen LogP contribution in [0.5, 0.6) is 0 Å². The van der Waals surface area contributed by atoms with Gasteiger partial charge in [-0.15, -0.1) is 0 Å². The highest BCUT2D eigenvalue weighted by molar-refractivity contribution is 5.12. The van der Waals surface area contributed by atoms with Gasteiger partial charge in [-0.05, 0) is 35.1 Å². The van der Waals surface area contributed by atoms with E-state index in [1.807, 2.05) is 24.5 Å². The van der Waals surface area contributed by atoms with Crippen LogP contribution in [0.3, 0.4) is 0 Å². The minimum atomic E-state index is 0.596. The minimum absolute atomic E-state index is 0.596. The van der Waals surface area contributed by atoms with E-state index in [-0.39, 0.29) is 0 Å². The molecule has 96 valence electrons. The summed E-state index contributed by atoms with van der Waals surface area (Å²) in [5.74, 6) is 1.19. The average molecular weight is 242 g/mol. The SMILES string of the molecule is CC(C)c1cccnc1.CC(C)c1cccnc1. The molecule has 0 atom stereocenters. The first-order valence-electron chi connectivity index (χ1n) is 6.41. The van der Waals surface area contributed by atoms with Gasteiger partial charge < -0.3 is 0 Å². The highest BCUT2D eigenvalue weighted by Gasteiger charge is 1.95. The highest BCUT2D eigenvalue weighted by atomic mass is 14.6. The lowest BCUT2D eigenvalue weighted by atomic mass is 10.1. The molecular weight excluding hydrogens is 220 g/mol. The molecule has 0 unspecified atom stereocenters. The van der Waals surface area contributed by atoms with Crippen molar-refractivity contribution in [1.82, 2.24) is 9.97 Å². The molecule has 0 bridgehead atoms. The third kappa shape index (κ3) is 5.09. The highest BCUT2D eigenvalue weighted by Crippen LogP contribution is 2.10. The average Bonchev–Trinajstić information content (AvgIpc) is 2.41. The molecule has 2 nitrogen and oxygen atoms in total. The Morgan fingerprint density at radius 2 is 1.11 bits per heavy atom. The lowest BCUT2D eigenvalue weighted by Gasteiger charge is -2.00. The molecule has 0 saturated carbocycles. The van der Waals surface area contributed by atoms with Gasteiger partial charge in [0.1, 0.15) is 0 Å². The molecule has 2 heterocycles. The van der Waals surface area contributed by atoms with Crippen molar-refractivity contribution in [3.05, 3.63) is 60.2 Å². The first-order chi connectivity index (χ1) is 8.61. The van der Waals surface area contributed by atoms with Gasteiger partial charge in [0.05, 0.1) is 0 Å². The van der Waals surface area contributed by atoms with E-state index in [0.717, 1.165) is 0 Å². The fourth-order valence-corrected chi connectivity index (χ4v) is 1.43. The molecule has 2 aromatic rings. The summed E-state index contributed by atoms with van der Waals surface area (Å²) in [4.78, 5) is 8.01. The van der Waals surface area contributed by atoms with Crippen LogP contribution in [0.25, 0.3) is 0 Å². The molecule has 0 radical (unpaired) electrons. The standard InChI is InChI=1S/2C8H11N/c2*1-7(2)8-4-3-5-9-6-8/h2*3-7H,1-2H3. The quantitative estimate of drug-likeness (QED) is 0.779. The molecule has 0 N–H and O–H groups in total. The first kappa shape index (κ1) is 14.4. The van der Waals surface area contributed by atoms with Gasteiger partial charge in [0.15, 0.2) is 0 Å². The second-order valence-corrected chi connectivity index (χ2v) is 4.88. The molecule has 0 spiro atoms. The van der Waals surface area contributed by atoms with E-state index in [9.17, 15) is 0 Å². The summed E-state index contributed by atoms with van der Waals surface area (Å²) in [6.07, 6.45) is 7.41. The Morgan fingerprint density at radius 3 is 1.28 bits per heavy atom. The normalized spacial score (nSPS) is 10.1. The molecule has 0 fully saturated rings. The third-order valence-corrected chi connectivity index (χ3v) is 2.70. The van der Waals surface area contributed by atoms with Crippen molar-refractivity contribution in [3.63, 3.8) is 0 Å². The van der Waals surface area contributed by atoms with Gasteiger partial charge in [-0.25, -0.2) is 0 Å². The molecule has 2 aromatic heterocycles. The third-order valence-electron chi connectivity index (χ3n) is 2.70. The van der Waals surface area contributed by atoms with Gasteiger partial charge in [0, 0.05) is 24.8 Å². The van der Waals surface area contributed by atoms with Gasteiger partial charge in [-0.2, -0.15) is 0 Å². The predicted molar refractivity (Wildman–Crippen MR) is 76.7 cm³/mol. The summed E-state index contributed by atoms with van der Waals surface area (Å²) < 4.78 is 0. The summed E-state index contributed by atoms with van der Waals surface area (Å²) in [6.45, 7) is 8.65. The summed E-state index contributed by atoms with van der Waals surface area (Å²) >= 11 is 0. The summed E-state index contributed by atoms with van der Waals surface area (Å²) in [6, 6.07) is 8.12. The van der Waals surface area contributed by atoms with Gasteiger partial charge >= 0.3 is 0 Å². The summed E-state index contributed by atoms with van der Waals surface area (Å²) in [7, 11) is 0. The zero-order valence-corrected chi connectivity index (χ0v) is 11.7. The molecule has 0 amide bonds. The largest absolute Gasteiger partial charge is 0.264 e. The molecule has 0 aliphatic carbocycles. The van der Waals surface area contributed by atoms with Crippen LogP contribution < -0.4 is 0 Å². The van der Waals surface area contributed by atoms with Crippen LogP contribution in [0.4, 0.5) is 0 Å². The van der Waals surface area contributed by atoms with Gasteiger partial charge in [-0.3, -0.25) is 9.97 Å². The van der Waals surface area contributed by atoms with Crippen LogP contribution in [0, 0.1) is 0 Å². The van der Waals surface area contributed by atoms with Crippen molar-refractivity contribution in [2.24, 2.45) is 0 Å². The maximum atomic E-state index is 4.01. The Hall–Kier alpha value is -1.70. The Kier molecular flexibility index (Phi) is 6.06. The van der Waals surface area contributed by atoms with Crippen LogP contribution in [0.2, 0.25) is 0 Å². The zero-order valence-electron chi connectivity index (χ0n) is 11.7. The molecule has 0 aromatic carbocycles. The van der Waals surface area contributed by atoms with Crippen molar-refractivity contribution in [1.29, 1.82) is 0 Å². The Balaban J connectivity index is 0.000000180. The molecular formula is C16H22N2. The maximum absolute atomic E-state index is 4.01. The zero-order chi connectivity index (χ0) is 13.4. The Bertz CT molecular complexity index is 378. The van der Waals surface area contributed by atoms with Crippen molar-refractivity contribution in [2.75, 3.05) is 0 Å². The van der Waals surface area contributed by atoms with E-state index in [4.69, 9.17) is 0 Å². The van der Waals surface area contributed by atoms with Crippen molar-refractivity contribution in [3.8, 4) is 0 Å². The molecule has 0 aliphatic heterocycles. The molecule has 2 heteroatoms. The predicted octanol–water partition coefficient (Wildman–Crippen LogP) is 4.41. The van der Waals surface area contributed by atoms with E-state index in [2.05, 4.69) is 49.8 Å². The van der Waals surface area contributed by atoms with Crippen molar-refractivity contribution < 1.29 is 0 Å². The number of hydrogen-bond donors (Lipinski definition) is 0. The topological polar surface area (TPSA) is 25.8 Å². The summed E-state index contributed by atoms with van der Waals surface area (Å²) in [5.41, 5.74) is 2.61. The number of hydrogen-bond acceptors (Lipinski definition) is 2. The summed E-state index contributed by atoms with van der Waals surface area (Å²) in [5, 5.41) is 0. The molecule has 18 heavy (non-hydrogen) atoms. The fraction of sp³-hybridized carbons (Fsp3) is 0.375. The van der Waals surface area contributed by atoms with Crippen LogP contribution in [0.15, 0.2) is 49.1 Å². The monoisotopic (exact) mass is 242 g/mol. The molecule has 2 rings (SSSR count). The second kappa shape index (κ2) is 7.59. The van der Waals surface area contributed by atoms with Crippen LogP contribution in [-0.4, -0.2) is 9.97 Å². The van der Waals surface area contributed by atoms with Crippen LogP contribution in [-0.2, 0) is 0 Å². The van der Waals surface area contributed by atoms with Crippen molar-refractivity contribution in [2.45, 2.75) is 39.5 Å². The lowest BCUT2D eigenvalue weighted by molar-refractivity contribution is 0.858. The number of rotatable bonds is 2. The lowest BCUT2D eigenvalue weighted by Crippen LogP contribution is -1.85. The van der Waals surface area contributed by atoms with Gasteiger partial charge in [0.25, 0.3) is 0 Å². The van der Waals surface area contributed by atoms with E-state index in [1.165, 1.54) is 11.1 Å². The number of pyridine rings is 2. The van der Waals surface area contributed by atoms with Crippen molar-refractivity contribution >= 4 is 0 Å². The van der Waals surface area contributed by atoms with E-state index >= 15 is 0 Å². The van der Waals surface area contributed by atoms with E-state index in [1.54, 1.807) is 12.4 Å². The van der Waals surface area contributed by atoms with E-state index < -0.39 is 0 Å². The smallest absolute Gasteiger partial charge is 0.0302 e.